The number of fused-ring (bicyclic) bond motifs is 1. The number of carbonyl (C=O) groups is 1. The highest BCUT2D eigenvalue weighted by atomic mass is 16.3. The average molecular weight is 327 g/mol. The molecule has 4 rings (SSSR count). The molecule has 5 nitrogen and oxygen atoms in total. The Labute approximate surface area is 142 Å². The van der Waals surface area contributed by atoms with Crippen molar-refractivity contribution in [1.29, 1.82) is 0 Å². The van der Waals surface area contributed by atoms with Crippen LogP contribution in [0.4, 0.5) is 0 Å². The van der Waals surface area contributed by atoms with Gasteiger partial charge in [0.2, 0.25) is 5.91 Å². The number of amides is 1. The van der Waals surface area contributed by atoms with Crippen LogP contribution in [0.1, 0.15) is 24.8 Å². The Morgan fingerprint density at radius 2 is 2.00 bits per heavy atom. The van der Waals surface area contributed by atoms with Crippen molar-refractivity contribution in [2.45, 2.75) is 31.3 Å². The van der Waals surface area contributed by atoms with Gasteiger partial charge in [0.25, 0.3) is 0 Å². The summed E-state index contributed by atoms with van der Waals surface area (Å²) in [6.07, 6.45) is 5.45. The summed E-state index contributed by atoms with van der Waals surface area (Å²) < 4.78 is 0. The Morgan fingerprint density at radius 1 is 1.21 bits per heavy atom. The molecule has 2 N–H and O–H groups in total. The lowest BCUT2D eigenvalue weighted by Gasteiger charge is -2.28. The van der Waals surface area contributed by atoms with E-state index in [1.165, 1.54) is 12.8 Å². The smallest absolute Gasteiger partial charge is 0.227 e. The standard InChI is InChI=1S/C19H25N3O2/c23-18(11-15-12-20-17-6-2-1-5-16(15)17)22-10-7-19(24,14-22)13-21-8-3-4-9-21/h1-2,5-6,12,20,24H,3-4,7-11,13-14H2. The van der Waals surface area contributed by atoms with Gasteiger partial charge >= 0.3 is 0 Å². The van der Waals surface area contributed by atoms with E-state index in [0.717, 1.165) is 29.6 Å². The van der Waals surface area contributed by atoms with Crippen molar-refractivity contribution in [3.8, 4) is 0 Å². The molecule has 0 saturated carbocycles. The Kier molecular flexibility index (Phi) is 4.06. The molecule has 2 aliphatic heterocycles. The number of rotatable bonds is 4. The minimum absolute atomic E-state index is 0.108. The fourth-order valence-electron chi connectivity index (χ4n) is 4.11. The lowest BCUT2D eigenvalue weighted by Crippen LogP contribution is -2.45. The maximum absolute atomic E-state index is 12.7. The molecule has 0 bridgehead atoms. The van der Waals surface area contributed by atoms with E-state index in [0.29, 0.717) is 32.5 Å². The van der Waals surface area contributed by atoms with E-state index in [-0.39, 0.29) is 5.91 Å². The molecular weight excluding hydrogens is 302 g/mol. The van der Waals surface area contributed by atoms with Gasteiger partial charge in [0.1, 0.15) is 0 Å². The normalized spacial score (nSPS) is 25.0. The number of nitrogens with zero attached hydrogens (tertiary/aromatic N) is 2. The Hall–Kier alpha value is -1.85. The van der Waals surface area contributed by atoms with Crippen molar-refractivity contribution >= 4 is 16.8 Å². The summed E-state index contributed by atoms with van der Waals surface area (Å²) in [6, 6.07) is 8.05. The van der Waals surface area contributed by atoms with Crippen molar-refractivity contribution in [3.05, 3.63) is 36.0 Å². The molecule has 24 heavy (non-hydrogen) atoms. The molecule has 2 saturated heterocycles. The van der Waals surface area contributed by atoms with Crippen molar-refractivity contribution in [2.24, 2.45) is 0 Å². The van der Waals surface area contributed by atoms with E-state index in [1.54, 1.807) is 0 Å². The largest absolute Gasteiger partial charge is 0.387 e. The van der Waals surface area contributed by atoms with Crippen LogP contribution >= 0.6 is 0 Å². The molecule has 128 valence electrons. The number of β-amino-alcohol motifs (C(OH)–C–C–N with tert-alkyl or cyclic N) is 1. The van der Waals surface area contributed by atoms with E-state index in [1.807, 2.05) is 35.4 Å². The summed E-state index contributed by atoms with van der Waals surface area (Å²) in [5.41, 5.74) is 1.36. The number of aromatic nitrogens is 1. The van der Waals surface area contributed by atoms with Crippen LogP contribution in [0.2, 0.25) is 0 Å². The minimum atomic E-state index is -0.736. The third-order valence-electron chi connectivity index (χ3n) is 5.42. The molecule has 0 spiro atoms. The van der Waals surface area contributed by atoms with Crippen LogP contribution in [0.5, 0.6) is 0 Å². The van der Waals surface area contributed by atoms with Crippen LogP contribution in [-0.4, -0.2) is 64.1 Å². The van der Waals surface area contributed by atoms with Crippen molar-refractivity contribution < 1.29 is 9.90 Å². The van der Waals surface area contributed by atoms with Crippen molar-refractivity contribution in [2.75, 3.05) is 32.7 Å². The van der Waals surface area contributed by atoms with Crippen LogP contribution in [0.3, 0.4) is 0 Å². The highest BCUT2D eigenvalue weighted by molar-refractivity contribution is 5.89. The topological polar surface area (TPSA) is 59.6 Å². The first-order valence-corrected chi connectivity index (χ1v) is 8.90. The average Bonchev–Trinajstić information content (AvgIpc) is 3.29. The molecule has 1 amide bonds. The molecule has 1 atom stereocenters. The number of hydrogen-bond donors (Lipinski definition) is 2. The van der Waals surface area contributed by atoms with Gasteiger partial charge in [-0.2, -0.15) is 0 Å². The zero-order valence-corrected chi connectivity index (χ0v) is 14.0. The maximum Gasteiger partial charge on any atom is 0.227 e. The fourth-order valence-corrected chi connectivity index (χ4v) is 4.11. The zero-order chi connectivity index (χ0) is 16.6. The van der Waals surface area contributed by atoms with E-state index in [2.05, 4.69) is 9.88 Å². The number of hydrogen-bond acceptors (Lipinski definition) is 3. The molecule has 0 radical (unpaired) electrons. The number of para-hydroxylation sites is 1. The van der Waals surface area contributed by atoms with E-state index < -0.39 is 5.60 Å². The second-order valence-electron chi connectivity index (χ2n) is 7.31. The monoisotopic (exact) mass is 327 g/mol. The summed E-state index contributed by atoms with van der Waals surface area (Å²) in [7, 11) is 0. The quantitative estimate of drug-likeness (QED) is 0.900. The molecule has 0 aliphatic carbocycles. The Balaban J connectivity index is 1.40. The summed E-state index contributed by atoms with van der Waals surface area (Å²) in [4.78, 5) is 20.0. The number of H-pyrrole nitrogens is 1. The van der Waals surface area contributed by atoms with Crippen LogP contribution in [-0.2, 0) is 11.2 Å². The van der Waals surface area contributed by atoms with E-state index >= 15 is 0 Å². The zero-order valence-electron chi connectivity index (χ0n) is 14.0. The van der Waals surface area contributed by atoms with Gasteiger partial charge in [0, 0.05) is 30.2 Å². The number of likely N-dealkylation sites (tertiary alicyclic amines) is 2. The first-order valence-electron chi connectivity index (χ1n) is 8.90. The summed E-state index contributed by atoms with van der Waals surface area (Å²) >= 11 is 0. The molecule has 1 aromatic carbocycles. The predicted octanol–water partition coefficient (Wildman–Crippen LogP) is 1.77. The first kappa shape index (κ1) is 15.7. The fraction of sp³-hybridized carbons (Fsp3) is 0.526. The third-order valence-corrected chi connectivity index (χ3v) is 5.42. The van der Waals surface area contributed by atoms with E-state index in [4.69, 9.17) is 0 Å². The Morgan fingerprint density at radius 3 is 2.83 bits per heavy atom. The Bertz CT molecular complexity index is 735. The number of benzene rings is 1. The van der Waals surface area contributed by atoms with Gasteiger partial charge in [0.05, 0.1) is 18.6 Å². The number of aliphatic hydroxyl groups is 1. The van der Waals surface area contributed by atoms with Gasteiger partial charge < -0.3 is 19.9 Å². The second kappa shape index (κ2) is 6.22. The van der Waals surface area contributed by atoms with Gasteiger partial charge in [-0.1, -0.05) is 18.2 Å². The minimum Gasteiger partial charge on any atom is -0.387 e. The van der Waals surface area contributed by atoms with Gasteiger partial charge in [-0.05, 0) is 44.0 Å². The third kappa shape index (κ3) is 3.06. The predicted molar refractivity (Wildman–Crippen MR) is 93.8 cm³/mol. The van der Waals surface area contributed by atoms with Crippen LogP contribution in [0.15, 0.2) is 30.5 Å². The summed E-state index contributed by atoms with van der Waals surface area (Å²) in [5.74, 6) is 0.108. The molecule has 2 aliphatic rings. The molecule has 1 unspecified atom stereocenters. The van der Waals surface area contributed by atoms with Gasteiger partial charge in [-0.15, -0.1) is 0 Å². The molecule has 1 aromatic heterocycles. The maximum atomic E-state index is 12.7. The number of aromatic amines is 1. The van der Waals surface area contributed by atoms with Crippen LogP contribution in [0, 0.1) is 0 Å². The molecule has 3 heterocycles. The van der Waals surface area contributed by atoms with Gasteiger partial charge in [0.15, 0.2) is 0 Å². The molecule has 2 fully saturated rings. The van der Waals surface area contributed by atoms with Crippen molar-refractivity contribution in [1.82, 2.24) is 14.8 Å². The van der Waals surface area contributed by atoms with E-state index in [9.17, 15) is 9.90 Å². The van der Waals surface area contributed by atoms with Gasteiger partial charge in [-0.3, -0.25) is 4.79 Å². The van der Waals surface area contributed by atoms with Gasteiger partial charge in [-0.25, -0.2) is 0 Å². The van der Waals surface area contributed by atoms with Crippen LogP contribution in [0.25, 0.3) is 10.9 Å². The highest BCUT2D eigenvalue weighted by Gasteiger charge is 2.39. The first-order chi connectivity index (χ1) is 11.6. The lowest BCUT2D eigenvalue weighted by atomic mass is 10.0. The lowest BCUT2D eigenvalue weighted by molar-refractivity contribution is -0.130. The summed E-state index contributed by atoms with van der Waals surface area (Å²) in [6.45, 7) is 3.97. The number of carbonyl (C=O) groups excluding carboxylic acids is 1. The molecule has 2 aromatic rings. The SMILES string of the molecule is O=C(Cc1c[nH]c2ccccc12)N1CCC(O)(CN2CCCC2)C1. The molecular formula is C19H25N3O2. The van der Waals surface area contributed by atoms with Crippen molar-refractivity contribution in [3.63, 3.8) is 0 Å². The highest BCUT2D eigenvalue weighted by Crippen LogP contribution is 2.26. The molecule has 5 heteroatoms. The summed E-state index contributed by atoms with van der Waals surface area (Å²) in [5, 5.41) is 11.9. The van der Waals surface area contributed by atoms with Crippen LogP contribution < -0.4 is 0 Å². The second-order valence-corrected chi connectivity index (χ2v) is 7.31. The number of nitrogens with one attached hydrogen (secondary N) is 1.